The molecule has 3 aromatic carbocycles. The van der Waals surface area contributed by atoms with Crippen LogP contribution in [0.5, 0.6) is 0 Å². The quantitative estimate of drug-likeness (QED) is 0.230. The van der Waals surface area contributed by atoms with Crippen molar-refractivity contribution in [2.24, 2.45) is 20.0 Å². The number of benzene rings is 3. The number of nitro benzene ring substituents is 1. The lowest BCUT2D eigenvalue weighted by atomic mass is 9.91. The zero-order chi connectivity index (χ0) is 30.3. The lowest BCUT2D eigenvalue weighted by Gasteiger charge is -2.14. The third kappa shape index (κ3) is 4.92. The maximum atomic E-state index is 11.4. The van der Waals surface area contributed by atoms with Crippen LogP contribution in [0.25, 0.3) is 16.7 Å². The van der Waals surface area contributed by atoms with Crippen molar-refractivity contribution >= 4 is 45.3 Å². The third-order valence-corrected chi connectivity index (χ3v) is 7.88. The first-order valence-corrected chi connectivity index (χ1v) is 14.5. The van der Waals surface area contributed by atoms with Crippen LogP contribution in [0.4, 0.5) is 5.69 Å². The Bertz CT molecular complexity index is 2180. The van der Waals surface area contributed by atoms with Crippen LogP contribution in [-0.4, -0.2) is 27.8 Å². The first-order valence-electron chi connectivity index (χ1n) is 14.5. The standard InChI is InChI=1S/C38H23N5O2/c44-43(45)31-16-11-24(12-17-31)32-23-30-22-28-14-13-27(39-28)21-29-15-18-33(40-29)36(25-7-3-1-4-8-25)34-19-20-35(42-34)37(38(32)41-30)26-9-5-2-6-10-26/h1-23H. The summed E-state index contributed by atoms with van der Waals surface area (Å²) in [6, 6.07) is 26.8. The fourth-order valence-electron chi connectivity index (χ4n) is 5.82. The number of nitrogens with zero attached hydrogens (tertiary/aromatic N) is 5. The number of allylic oxidation sites excluding steroid dienone is 12. The van der Waals surface area contributed by atoms with E-state index in [1.54, 1.807) is 12.1 Å². The van der Waals surface area contributed by atoms with E-state index in [1.807, 2.05) is 103 Å². The highest BCUT2D eigenvalue weighted by molar-refractivity contribution is 6.47. The van der Waals surface area contributed by atoms with Gasteiger partial charge in [-0.05, 0) is 83.5 Å². The van der Waals surface area contributed by atoms with E-state index in [4.69, 9.17) is 20.0 Å². The third-order valence-electron chi connectivity index (χ3n) is 7.88. The molecule has 0 fully saturated rings. The fraction of sp³-hybridized carbons (Fsp3) is 0. The Hall–Kier alpha value is -6.34. The molecule has 7 heteroatoms. The minimum absolute atomic E-state index is 0.0320. The fourth-order valence-corrected chi connectivity index (χ4v) is 5.82. The maximum Gasteiger partial charge on any atom is 0.269 e. The summed E-state index contributed by atoms with van der Waals surface area (Å²) >= 11 is 0. The van der Waals surface area contributed by atoms with Gasteiger partial charge < -0.3 is 0 Å². The number of nitro groups is 1. The van der Waals surface area contributed by atoms with Crippen molar-refractivity contribution in [3.05, 3.63) is 189 Å². The Kier molecular flexibility index (Phi) is 6.27. The monoisotopic (exact) mass is 581 g/mol. The number of rotatable bonds is 4. The molecule has 0 N–H and O–H groups in total. The molecule has 8 rings (SSSR count). The van der Waals surface area contributed by atoms with Gasteiger partial charge in [0.15, 0.2) is 0 Å². The minimum Gasteiger partial charge on any atom is -0.258 e. The summed E-state index contributed by atoms with van der Waals surface area (Å²) in [5, 5.41) is 11.4. The van der Waals surface area contributed by atoms with E-state index in [9.17, 15) is 10.1 Å². The molecular weight excluding hydrogens is 558 g/mol. The van der Waals surface area contributed by atoms with Crippen LogP contribution in [0, 0.1) is 10.1 Å². The highest BCUT2D eigenvalue weighted by Gasteiger charge is 2.27. The lowest BCUT2D eigenvalue weighted by Crippen LogP contribution is -2.06. The Balaban J connectivity index is 1.40. The largest absolute Gasteiger partial charge is 0.269 e. The van der Waals surface area contributed by atoms with Gasteiger partial charge in [0.1, 0.15) is 0 Å². The van der Waals surface area contributed by atoms with Crippen LogP contribution >= 0.6 is 0 Å². The molecule has 3 aromatic rings. The number of hydrogen-bond donors (Lipinski definition) is 0. The van der Waals surface area contributed by atoms with E-state index in [-0.39, 0.29) is 5.69 Å². The van der Waals surface area contributed by atoms with Crippen molar-refractivity contribution < 1.29 is 4.92 Å². The highest BCUT2D eigenvalue weighted by Crippen LogP contribution is 2.38. The van der Waals surface area contributed by atoms with Crippen LogP contribution in [0.15, 0.2) is 182 Å². The topological polar surface area (TPSA) is 92.6 Å². The summed E-state index contributed by atoms with van der Waals surface area (Å²) in [7, 11) is 0. The van der Waals surface area contributed by atoms with Gasteiger partial charge in [-0.3, -0.25) is 10.1 Å². The minimum atomic E-state index is -0.391. The molecule has 8 bridgehead atoms. The number of hydrogen-bond acceptors (Lipinski definition) is 6. The van der Waals surface area contributed by atoms with Crippen LogP contribution in [-0.2, 0) is 0 Å². The Morgan fingerprint density at radius 2 is 1.13 bits per heavy atom. The molecule has 5 aliphatic heterocycles. The lowest BCUT2D eigenvalue weighted by molar-refractivity contribution is -0.384. The van der Waals surface area contributed by atoms with Crippen molar-refractivity contribution in [3.63, 3.8) is 0 Å². The first-order chi connectivity index (χ1) is 22.1. The van der Waals surface area contributed by atoms with E-state index >= 15 is 0 Å². The zero-order valence-corrected chi connectivity index (χ0v) is 23.8. The van der Waals surface area contributed by atoms with Gasteiger partial charge in [0.2, 0.25) is 0 Å². The second kappa shape index (κ2) is 10.7. The van der Waals surface area contributed by atoms with E-state index in [1.165, 1.54) is 12.1 Å². The normalized spacial score (nSPS) is 18.0. The summed E-state index contributed by atoms with van der Waals surface area (Å²) < 4.78 is 0. The molecule has 0 saturated carbocycles. The van der Waals surface area contributed by atoms with Crippen molar-refractivity contribution in [2.45, 2.75) is 0 Å². The summed E-state index contributed by atoms with van der Waals surface area (Å²) in [6.07, 6.45) is 17.9. The number of non-ortho nitro benzene ring substituents is 1. The average molecular weight is 582 g/mol. The van der Waals surface area contributed by atoms with Crippen molar-refractivity contribution in [1.29, 1.82) is 0 Å². The van der Waals surface area contributed by atoms with E-state index < -0.39 is 4.92 Å². The van der Waals surface area contributed by atoms with Crippen LogP contribution in [0.1, 0.15) is 16.7 Å². The zero-order valence-electron chi connectivity index (χ0n) is 23.8. The van der Waals surface area contributed by atoms with Crippen molar-refractivity contribution in [3.8, 4) is 0 Å². The van der Waals surface area contributed by atoms with E-state index in [2.05, 4.69) is 12.1 Å². The summed E-state index contributed by atoms with van der Waals surface area (Å²) in [4.78, 5) is 31.2. The summed E-state index contributed by atoms with van der Waals surface area (Å²) in [5.41, 5.74) is 11.7. The Morgan fingerprint density at radius 3 is 1.87 bits per heavy atom. The van der Waals surface area contributed by atoms with Crippen LogP contribution < -0.4 is 0 Å². The Labute approximate surface area is 259 Å². The molecule has 0 atom stereocenters. The molecule has 0 spiro atoms. The van der Waals surface area contributed by atoms with Gasteiger partial charge >= 0.3 is 0 Å². The van der Waals surface area contributed by atoms with Crippen molar-refractivity contribution in [2.75, 3.05) is 0 Å². The SMILES string of the molecule is O=[N+]([O-])c1ccc(C2=CC3=CC4=NC(=CC5=NC(=C(c6ccccc6)C6=NC(=C(c7ccccc7)C2=N3)C=C6)C=C5)C=C4)cc1. The smallest absolute Gasteiger partial charge is 0.258 e. The number of aliphatic imine (C=N–C) groups is 4. The molecule has 0 radical (unpaired) electrons. The van der Waals surface area contributed by atoms with Gasteiger partial charge in [0.05, 0.1) is 50.6 Å². The van der Waals surface area contributed by atoms with E-state index in [0.29, 0.717) is 0 Å². The van der Waals surface area contributed by atoms with Gasteiger partial charge in [-0.1, -0.05) is 60.7 Å². The molecule has 0 saturated heterocycles. The summed E-state index contributed by atoms with van der Waals surface area (Å²) in [5.74, 6) is 0. The van der Waals surface area contributed by atoms with Crippen molar-refractivity contribution in [1.82, 2.24) is 0 Å². The molecule has 0 aliphatic carbocycles. The molecule has 5 heterocycles. The predicted molar refractivity (Wildman–Crippen MR) is 181 cm³/mol. The molecule has 7 nitrogen and oxygen atoms in total. The average Bonchev–Trinajstić information content (AvgIpc) is 3.89. The Morgan fingerprint density at radius 1 is 0.511 bits per heavy atom. The first kappa shape index (κ1) is 26.3. The van der Waals surface area contributed by atoms with Crippen LogP contribution in [0.2, 0.25) is 0 Å². The van der Waals surface area contributed by atoms with E-state index in [0.717, 1.165) is 79.0 Å². The summed E-state index contributed by atoms with van der Waals surface area (Å²) in [6.45, 7) is 0. The van der Waals surface area contributed by atoms with Gasteiger partial charge in [-0.15, -0.1) is 0 Å². The molecule has 45 heavy (non-hydrogen) atoms. The molecule has 212 valence electrons. The van der Waals surface area contributed by atoms with Gasteiger partial charge in [0, 0.05) is 28.9 Å². The molecule has 0 unspecified atom stereocenters. The van der Waals surface area contributed by atoms with Crippen LogP contribution in [0.3, 0.4) is 0 Å². The van der Waals surface area contributed by atoms with Gasteiger partial charge in [-0.25, -0.2) is 20.0 Å². The highest BCUT2D eigenvalue weighted by atomic mass is 16.6. The second-order valence-corrected chi connectivity index (χ2v) is 10.8. The van der Waals surface area contributed by atoms with Gasteiger partial charge in [0.25, 0.3) is 5.69 Å². The molecule has 5 aliphatic rings. The molecule has 0 aromatic heterocycles. The second-order valence-electron chi connectivity index (χ2n) is 10.8. The predicted octanol–water partition coefficient (Wildman–Crippen LogP) is 8.07. The van der Waals surface area contributed by atoms with Gasteiger partial charge in [-0.2, -0.15) is 0 Å². The molecule has 0 amide bonds. The molecular formula is C38H23N5O2. The number of fused-ring (bicyclic) bond motifs is 4. The maximum absolute atomic E-state index is 11.4.